The number of rotatable bonds is 1. The Morgan fingerprint density at radius 3 is 2.67 bits per heavy atom. The van der Waals surface area contributed by atoms with Gasteiger partial charge >= 0.3 is 0 Å². The number of fused-ring (bicyclic) bond motifs is 3. The first kappa shape index (κ1) is 13.2. The van der Waals surface area contributed by atoms with Gasteiger partial charge in [-0.2, -0.15) is 0 Å². The second-order valence-corrected chi connectivity index (χ2v) is 6.49. The van der Waals surface area contributed by atoms with Crippen molar-refractivity contribution in [1.29, 1.82) is 0 Å². The zero-order valence-electron chi connectivity index (χ0n) is 11.4. The maximum absolute atomic E-state index is 6.45. The highest BCUT2D eigenvalue weighted by Gasteiger charge is 2.38. The minimum atomic E-state index is 0.200. The number of allylic oxidation sites excluding steroid dienone is 2. The van der Waals surface area contributed by atoms with E-state index in [2.05, 4.69) is 47.8 Å². The molecule has 0 unspecified atom stereocenters. The quantitative estimate of drug-likeness (QED) is 0.654. The normalized spacial score (nSPS) is 26.1. The fraction of sp³-hybridized carbons (Fsp3) is 0.222. The summed E-state index contributed by atoms with van der Waals surface area (Å²) in [6, 6.07) is 14.6. The first-order chi connectivity index (χ1) is 10.3. The molecule has 4 rings (SSSR count). The number of benzene rings is 2. The van der Waals surface area contributed by atoms with Crippen LogP contribution in [-0.4, -0.2) is 0 Å². The Morgan fingerprint density at radius 1 is 0.952 bits per heavy atom. The number of hydrogen-bond donors (Lipinski definition) is 1. The lowest BCUT2D eigenvalue weighted by Crippen LogP contribution is -2.29. The average molecular weight is 316 g/mol. The summed E-state index contributed by atoms with van der Waals surface area (Å²) in [6.07, 6.45) is 5.68. The van der Waals surface area contributed by atoms with E-state index in [9.17, 15) is 0 Å². The lowest BCUT2D eigenvalue weighted by molar-refractivity contribution is 0.426. The van der Waals surface area contributed by atoms with Crippen molar-refractivity contribution in [1.82, 2.24) is 0 Å². The molecule has 1 aliphatic heterocycles. The van der Waals surface area contributed by atoms with Crippen molar-refractivity contribution < 1.29 is 0 Å². The largest absolute Gasteiger partial charge is 0.378 e. The minimum Gasteiger partial charge on any atom is -0.378 e. The lowest BCUT2D eigenvalue weighted by Gasteiger charge is -2.37. The highest BCUT2D eigenvalue weighted by Crippen LogP contribution is 2.51. The average Bonchev–Trinajstić information content (AvgIpc) is 2.99. The molecule has 0 fully saturated rings. The van der Waals surface area contributed by atoms with Gasteiger partial charge in [0.1, 0.15) is 0 Å². The third-order valence-corrected chi connectivity index (χ3v) is 5.42. The summed E-state index contributed by atoms with van der Waals surface area (Å²) in [5.41, 5.74) is 3.68. The van der Waals surface area contributed by atoms with Crippen LogP contribution in [0, 0.1) is 5.92 Å². The highest BCUT2D eigenvalue weighted by atomic mass is 35.5. The first-order valence-electron chi connectivity index (χ1n) is 7.22. The third-order valence-electron chi connectivity index (χ3n) is 4.59. The Hall–Kier alpha value is -1.44. The first-order valence-corrected chi connectivity index (χ1v) is 7.97. The van der Waals surface area contributed by atoms with Crippen LogP contribution in [-0.2, 0) is 0 Å². The minimum absolute atomic E-state index is 0.200. The van der Waals surface area contributed by atoms with Crippen LogP contribution in [0.2, 0.25) is 10.0 Å². The van der Waals surface area contributed by atoms with E-state index in [1.54, 1.807) is 0 Å². The molecule has 0 radical (unpaired) electrons. The van der Waals surface area contributed by atoms with E-state index < -0.39 is 0 Å². The highest BCUT2D eigenvalue weighted by molar-refractivity contribution is 6.42. The Labute approximate surface area is 134 Å². The summed E-state index contributed by atoms with van der Waals surface area (Å²) < 4.78 is 0. The zero-order valence-corrected chi connectivity index (χ0v) is 12.9. The molecule has 1 nitrogen and oxygen atoms in total. The predicted octanol–water partition coefficient (Wildman–Crippen LogP) is 5.82. The molecule has 2 aliphatic rings. The van der Waals surface area contributed by atoms with E-state index in [1.807, 2.05) is 12.1 Å². The molecule has 1 heterocycles. The predicted molar refractivity (Wildman–Crippen MR) is 89.3 cm³/mol. The van der Waals surface area contributed by atoms with Crippen LogP contribution in [0.3, 0.4) is 0 Å². The smallest absolute Gasteiger partial charge is 0.0645 e. The Bertz CT molecular complexity index is 723. The summed E-state index contributed by atoms with van der Waals surface area (Å²) in [4.78, 5) is 0. The van der Waals surface area contributed by atoms with Gasteiger partial charge in [0, 0.05) is 11.6 Å². The van der Waals surface area contributed by atoms with E-state index in [0.717, 1.165) is 12.0 Å². The third kappa shape index (κ3) is 2.07. The molecule has 21 heavy (non-hydrogen) atoms. The molecule has 0 saturated heterocycles. The van der Waals surface area contributed by atoms with Gasteiger partial charge in [-0.05, 0) is 35.6 Å². The molecule has 0 aromatic heterocycles. The molecule has 1 aliphatic carbocycles. The molecule has 1 N–H and O–H groups in total. The Kier molecular flexibility index (Phi) is 3.20. The molecule has 0 bridgehead atoms. The Morgan fingerprint density at radius 2 is 1.76 bits per heavy atom. The van der Waals surface area contributed by atoms with E-state index in [0.29, 0.717) is 21.9 Å². The van der Waals surface area contributed by atoms with Gasteiger partial charge in [0.05, 0.1) is 16.1 Å². The van der Waals surface area contributed by atoms with Crippen molar-refractivity contribution >= 4 is 28.9 Å². The molecular formula is C18H15Cl2N. The van der Waals surface area contributed by atoms with Gasteiger partial charge in [-0.15, -0.1) is 0 Å². The van der Waals surface area contributed by atoms with Gasteiger partial charge in [0.2, 0.25) is 0 Å². The maximum atomic E-state index is 6.45. The fourth-order valence-corrected chi connectivity index (χ4v) is 4.04. The molecule has 0 spiro atoms. The molecule has 2 aromatic rings. The van der Waals surface area contributed by atoms with Gasteiger partial charge in [-0.1, -0.05) is 65.7 Å². The number of para-hydroxylation sites is 1. The second-order valence-electron chi connectivity index (χ2n) is 5.71. The maximum Gasteiger partial charge on any atom is 0.0645 e. The monoisotopic (exact) mass is 315 g/mol. The van der Waals surface area contributed by atoms with Crippen molar-refractivity contribution in [2.24, 2.45) is 5.92 Å². The lowest BCUT2D eigenvalue weighted by atomic mass is 9.77. The Balaban J connectivity index is 1.83. The van der Waals surface area contributed by atoms with Crippen LogP contribution in [0.1, 0.15) is 29.5 Å². The molecule has 3 atom stereocenters. The van der Waals surface area contributed by atoms with Crippen LogP contribution >= 0.6 is 23.2 Å². The summed E-state index contributed by atoms with van der Waals surface area (Å²) >= 11 is 12.7. The molecular weight excluding hydrogens is 301 g/mol. The standard InChI is InChI=1S/C18H15Cl2N/c19-15-9-4-8-14(17(15)20)18-13-7-3-6-11(13)12-5-1-2-10-16(12)21-18/h1-6,8-11,13,18,21H,7H2/t11-,13+,18-/m1/s1. The van der Waals surface area contributed by atoms with Crippen LogP contribution in [0.5, 0.6) is 0 Å². The molecule has 0 amide bonds. The van der Waals surface area contributed by atoms with Crippen LogP contribution in [0.15, 0.2) is 54.6 Å². The molecule has 2 aromatic carbocycles. The fourth-order valence-electron chi connectivity index (χ4n) is 3.61. The van der Waals surface area contributed by atoms with E-state index in [1.165, 1.54) is 11.3 Å². The van der Waals surface area contributed by atoms with Crippen LogP contribution in [0.4, 0.5) is 5.69 Å². The number of anilines is 1. The van der Waals surface area contributed by atoms with Crippen molar-refractivity contribution in [3.05, 3.63) is 75.8 Å². The zero-order chi connectivity index (χ0) is 14.4. The van der Waals surface area contributed by atoms with Gasteiger partial charge in [-0.25, -0.2) is 0 Å². The van der Waals surface area contributed by atoms with Crippen LogP contribution < -0.4 is 5.32 Å². The molecule has 0 saturated carbocycles. The van der Waals surface area contributed by atoms with E-state index in [4.69, 9.17) is 23.2 Å². The van der Waals surface area contributed by atoms with Crippen molar-refractivity contribution in [3.63, 3.8) is 0 Å². The number of halogens is 2. The van der Waals surface area contributed by atoms with Crippen molar-refractivity contribution in [2.45, 2.75) is 18.4 Å². The van der Waals surface area contributed by atoms with Gasteiger partial charge in [0.25, 0.3) is 0 Å². The van der Waals surface area contributed by atoms with Gasteiger partial charge < -0.3 is 5.32 Å². The summed E-state index contributed by atoms with van der Waals surface area (Å²) in [7, 11) is 0. The summed E-state index contributed by atoms with van der Waals surface area (Å²) in [6.45, 7) is 0. The number of hydrogen-bond acceptors (Lipinski definition) is 1. The SMILES string of the molecule is Clc1cccc([C@@H]2Nc3ccccc3[C@H]3C=CC[C@@H]32)c1Cl. The summed E-state index contributed by atoms with van der Waals surface area (Å²) in [5.74, 6) is 0.957. The van der Waals surface area contributed by atoms with Gasteiger partial charge in [0.15, 0.2) is 0 Å². The van der Waals surface area contributed by atoms with Gasteiger partial charge in [-0.3, -0.25) is 0 Å². The van der Waals surface area contributed by atoms with E-state index >= 15 is 0 Å². The number of nitrogens with one attached hydrogen (secondary N) is 1. The second kappa shape index (κ2) is 5.08. The molecule has 3 heteroatoms. The van der Waals surface area contributed by atoms with Crippen molar-refractivity contribution in [2.75, 3.05) is 5.32 Å². The van der Waals surface area contributed by atoms with Crippen molar-refractivity contribution in [3.8, 4) is 0 Å². The topological polar surface area (TPSA) is 12.0 Å². The molecule has 106 valence electrons. The van der Waals surface area contributed by atoms with Crippen LogP contribution in [0.25, 0.3) is 0 Å². The van der Waals surface area contributed by atoms with E-state index in [-0.39, 0.29) is 6.04 Å². The summed E-state index contributed by atoms with van der Waals surface area (Å²) in [5, 5.41) is 4.96.